The van der Waals surface area contributed by atoms with Gasteiger partial charge in [-0.1, -0.05) is 103 Å². The summed E-state index contributed by atoms with van der Waals surface area (Å²) in [5.41, 5.74) is 2.92. The van der Waals surface area contributed by atoms with Crippen molar-refractivity contribution in [3.8, 4) is 23.0 Å². The molecule has 5 aromatic rings. The lowest BCUT2D eigenvalue weighted by Gasteiger charge is -2.38. The minimum absolute atomic E-state index is 0.0513. The molecule has 0 unspecified atom stereocenters. The highest BCUT2D eigenvalue weighted by Crippen LogP contribution is 2.49. The number of rotatable bonds is 11. The van der Waals surface area contributed by atoms with Crippen LogP contribution in [0, 0.1) is 11.8 Å². The Morgan fingerprint density at radius 1 is 0.729 bits per heavy atom. The summed E-state index contributed by atoms with van der Waals surface area (Å²) < 4.78 is 35.5. The summed E-state index contributed by atoms with van der Waals surface area (Å²) in [4.78, 5) is 13.9. The number of benzene rings is 5. The maximum absolute atomic E-state index is 13.9. The Morgan fingerprint density at radius 2 is 1.31 bits per heavy atom. The van der Waals surface area contributed by atoms with Gasteiger partial charge in [0.15, 0.2) is 23.0 Å². The quantitative estimate of drug-likeness (QED) is 0.121. The van der Waals surface area contributed by atoms with Crippen molar-refractivity contribution in [3.05, 3.63) is 155 Å². The summed E-state index contributed by atoms with van der Waals surface area (Å²) in [7, 11) is 3.13. The summed E-state index contributed by atoms with van der Waals surface area (Å²) >= 11 is 0. The fraction of sp³-hybridized carbons (Fsp3) is 0.225. The van der Waals surface area contributed by atoms with Gasteiger partial charge in [-0.2, -0.15) is 0 Å². The second-order valence-electron chi connectivity index (χ2n) is 11.8. The predicted octanol–water partition coefficient (Wildman–Crippen LogP) is 7.01. The fourth-order valence-corrected chi connectivity index (χ4v) is 6.85. The molecule has 1 fully saturated rings. The summed E-state index contributed by atoms with van der Waals surface area (Å²) in [6.45, 7) is 0.147. The first-order chi connectivity index (χ1) is 23.5. The Bertz CT molecular complexity index is 1760. The molecule has 8 nitrogen and oxygen atoms in total. The van der Waals surface area contributed by atoms with Gasteiger partial charge in [-0.3, -0.25) is 4.79 Å². The Labute approximate surface area is 279 Å². The molecule has 8 heteroatoms. The van der Waals surface area contributed by atoms with Gasteiger partial charge >= 0.3 is 5.97 Å². The number of ether oxygens (including phenoxy) is 6. The van der Waals surface area contributed by atoms with Crippen LogP contribution in [0.2, 0.25) is 0 Å². The van der Waals surface area contributed by atoms with E-state index in [2.05, 4.69) is 0 Å². The van der Waals surface area contributed by atoms with Crippen molar-refractivity contribution in [2.45, 2.75) is 17.8 Å². The van der Waals surface area contributed by atoms with E-state index in [1.165, 1.54) is 0 Å². The summed E-state index contributed by atoms with van der Waals surface area (Å²) in [6, 6.07) is 40.7. The highest BCUT2D eigenvalue weighted by Gasteiger charge is 2.51. The van der Waals surface area contributed by atoms with E-state index in [1.54, 1.807) is 44.6 Å². The molecule has 0 aliphatic carbocycles. The molecule has 2 aliphatic heterocycles. The predicted molar refractivity (Wildman–Crippen MR) is 178 cm³/mol. The van der Waals surface area contributed by atoms with E-state index >= 15 is 0 Å². The van der Waals surface area contributed by atoms with Gasteiger partial charge in [-0.05, 0) is 52.1 Å². The summed E-state index contributed by atoms with van der Waals surface area (Å²) in [5, 5.41) is 11.9. The Hall–Kier alpha value is -5.31. The van der Waals surface area contributed by atoms with Gasteiger partial charge in [0.25, 0.3) is 0 Å². The molecule has 0 amide bonds. The van der Waals surface area contributed by atoms with Crippen LogP contribution in [-0.2, 0) is 19.9 Å². The third-order valence-corrected chi connectivity index (χ3v) is 9.21. The largest absolute Gasteiger partial charge is 0.493 e. The van der Waals surface area contributed by atoms with E-state index < -0.39 is 35.6 Å². The van der Waals surface area contributed by atoms with E-state index in [0.29, 0.717) is 34.1 Å². The first-order valence-electron chi connectivity index (χ1n) is 15.8. The number of methoxy groups -OCH3 is 2. The number of cyclic esters (lactones) is 1. The van der Waals surface area contributed by atoms with Gasteiger partial charge in [0, 0.05) is 5.92 Å². The van der Waals surface area contributed by atoms with Crippen LogP contribution in [0.1, 0.15) is 40.0 Å². The molecule has 0 radical (unpaired) electrons. The lowest BCUT2D eigenvalue weighted by atomic mass is 9.78. The average Bonchev–Trinajstić information content (AvgIpc) is 3.76. The van der Waals surface area contributed by atoms with Crippen LogP contribution in [0.4, 0.5) is 0 Å². The van der Waals surface area contributed by atoms with Gasteiger partial charge in [-0.15, -0.1) is 0 Å². The van der Waals surface area contributed by atoms with Crippen molar-refractivity contribution >= 4 is 5.97 Å². The maximum Gasteiger partial charge on any atom is 0.313 e. The average molecular weight is 645 g/mol. The van der Waals surface area contributed by atoms with E-state index in [9.17, 15) is 9.90 Å². The van der Waals surface area contributed by atoms with Crippen molar-refractivity contribution in [2.75, 3.05) is 27.6 Å². The fourth-order valence-electron chi connectivity index (χ4n) is 6.85. The molecular formula is C40H36O8. The van der Waals surface area contributed by atoms with Crippen LogP contribution >= 0.6 is 0 Å². The van der Waals surface area contributed by atoms with Crippen molar-refractivity contribution in [1.82, 2.24) is 0 Å². The summed E-state index contributed by atoms with van der Waals surface area (Å²) in [5.74, 6) is 0.0253. The Morgan fingerprint density at radius 3 is 1.90 bits per heavy atom. The molecule has 0 saturated carbocycles. The highest BCUT2D eigenvalue weighted by molar-refractivity contribution is 5.77. The van der Waals surface area contributed by atoms with Crippen molar-refractivity contribution < 1.29 is 38.3 Å². The third kappa shape index (κ3) is 5.63. The molecule has 4 atom stereocenters. The molecule has 2 aliphatic rings. The zero-order valence-corrected chi connectivity index (χ0v) is 26.7. The zero-order chi connectivity index (χ0) is 33.1. The maximum atomic E-state index is 13.9. The van der Waals surface area contributed by atoms with Gasteiger partial charge < -0.3 is 33.5 Å². The molecule has 48 heavy (non-hydrogen) atoms. The highest BCUT2D eigenvalue weighted by atomic mass is 16.7. The molecule has 0 aromatic heterocycles. The molecule has 2 heterocycles. The van der Waals surface area contributed by atoms with Crippen molar-refractivity contribution in [1.29, 1.82) is 0 Å². The number of esters is 1. The minimum atomic E-state index is -1.22. The molecule has 1 N–H and O–H groups in total. The molecule has 7 rings (SSSR count). The molecule has 0 bridgehead atoms. The number of aliphatic hydroxyl groups is 1. The molecule has 5 aromatic carbocycles. The molecular weight excluding hydrogens is 608 g/mol. The van der Waals surface area contributed by atoms with Crippen LogP contribution in [0.3, 0.4) is 0 Å². The van der Waals surface area contributed by atoms with Crippen LogP contribution in [0.15, 0.2) is 127 Å². The van der Waals surface area contributed by atoms with Gasteiger partial charge in [-0.25, -0.2) is 0 Å². The van der Waals surface area contributed by atoms with Gasteiger partial charge in [0.2, 0.25) is 6.79 Å². The molecule has 1 saturated heterocycles. The first kappa shape index (κ1) is 31.3. The first-order valence-corrected chi connectivity index (χ1v) is 15.8. The number of carbonyl (C=O) groups is 1. The number of hydrogen-bond donors (Lipinski definition) is 1. The Balaban J connectivity index is 1.34. The van der Waals surface area contributed by atoms with E-state index in [1.807, 2.05) is 97.1 Å². The van der Waals surface area contributed by atoms with E-state index in [-0.39, 0.29) is 13.4 Å². The molecule has 244 valence electrons. The normalized spacial score (nSPS) is 19.1. The lowest BCUT2D eigenvalue weighted by Crippen LogP contribution is -2.37. The number of carbonyl (C=O) groups excluding carboxylic acids is 1. The van der Waals surface area contributed by atoms with Crippen molar-refractivity contribution in [2.24, 2.45) is 11.8 Å². The Kier molecular flexibility index (Phi) is 8.76. The van der Waals surface area contributed by atoms with Gasteiger partial charge in [0.1, 0.15) is 11.7 Å². The van der Waals surface area contributed by atoms with Crippen LogP contribution in [0.5, 0.6) is 23.0 Å². The standard InChI is InChI=1S/C40H36O8/c1-43-32-20-19-27(23-34(32)44-2)38-31(36(39(42)48-38)37(41)26-18-21-33-35(22-26)46-25-45-33)24-47-40(28-12-6-3-7-13-28,29-14-8-4-9-15-29)30-16-10-5-11-17-30/h3-23,31,36-38,41H,24-25H2,1-2H3/t31-,36+,37+,38+/m1/s1. The molecule has 0 spiro atoms. The van der Waals surface area contributed by atoms with Crippen molar-refractivity contribution in [3.63, 3.8) is 0 Å². The smallest absolute Gasteiger partial charge is 0.313 e. The number of fused-ring (bicyclic) bond motifs is 1. The van der Waals surface area contributed by atoms with E-state index in [0.717, 1.165) is 16.7 Å². The van der Waals surface area contributed by atoms with Crippen LogP contribution in [0.25, 0.3) is 0 Å². The minimum Gasteiger partial charge on any atom is -0.493 e. The topological polar surface area (TPSA) is 92.7 Å². The SMILES string of the molecule is COc1ccc([C@@H]2OC(=O)[C@H]([C@@H](O)c3ccc4c(c3)OCO4)[C@H]2COC(c2ccccc2)(c2ccccc2)c2ccccc2)cc1OC. The van der Waals surface area contributed by atoms with Crippen LogP contribution in [-0.4, -0.2) is 38.7 Å². The number of aliphatic hydroxyl groups excluding tert-OH is 1. The monoisotopic (exact) mass is 644 g/mol. The second kappa shape index (κ2) is 13.4. The van der Waals surface area contributed by atoms with E-state index in [4.69, 9.17) is 28.4 Å². The lowest BCUT2D eigenvalue weighted by molar-refractivity contribution is -0.147. The van der Waals surface area contributed by atoms with Crippen LogP contribution < -0.4 is 18.9 Å². The zero-order valence-electron chi connectivity index (χ0n) is 26.7. The van der Waals surface area contributed by atoms with Gasteiger partial charge in [0.05, 0.1) is 32.8 Å². The number of hydrogen-bond acceptors (Lipinski definition) is 8. The summed E-state index contributed by atoms with van der Waals surface area (Å²) in [6.07, 6.45) is -1.98. The third-order valence-electron chi connectivity index (χ3n) is 9.21. The second-order valence-corrected chi connectivity index (χ2v) is 11.8.